The zero-order chi connectivity index (χ0) is 17.1. The van der Waals surface area contributed by atoms with Gasteiger partial charge in [-0.25, -0.2) is 9.97 Å². The van der Waals surface area contributed by atoms with Crippen molar-refractivity contribution >= 4 is 15.9 Å². The minimum absolute atomic E-state index is 0.0937. The molecular formula is C13H15BrF5N3O. The molecule has 1 aromatic rings. The van der Waals surface area contributed by atoms with E-state index in [0.717, 1.165) is 4.90 Å². The summed E-state index contributed by atoms with van der Waals surface area (Å²) in [6.45, 7) is -0.584. The first-order valence-corrected chi connectivity index (χ1v) is 7.74. The van der Waals surface area contributed by atoms with E-state index in [2.05, 4.69) is 25.9 Å². The van der Waals surface area contributed by atoms with Gasteiger partial charge >= 0.3 is 12.1 Å². The Kier molecular flexibility index (Phi) is 5.77. The molecule has 130 valence electrons. The van der Waals surface area contributed by atoms with Crippen LogP contribution in [0.2, 0.25) is 0 Å². The number of halogens is 6. The van der Waals surface area contributed by atoms with Crippen LogP contribution in [0.25, 0.3) is 0 Å². The maximum atomic E-state index is 13.0. The number of alkyl halides is 5. The van der Waals surface area contributed by atoms with Gasteiger partial charge in [0.1, 0.15) is 4.60 Å². The van der Waals surface area contributed by atoms with Crippen molar-refractivity contribution in [2.24, 2.45) is 5.92 Å². The van der Waals surface area contributed by atoms with Crippen LogP contribution in [-0.4, -0.2) is 53.2 Å². The molecule has 10 heteroatoms. The van der Waals surface area contributed by atoms with Crippen molar-refractivity contribution in [2.75, 3.05) is 26.2 Å². The third kappa shape index (κ3) is 5.23. The zero-order valence-electron chi connectivity index (χ0n) is 12.0. The highest BCUT2D eigenvalue weighted by atomic mass is 79.9. The van der Waals surface area contributed by atoms with Crippen molar-refractivity contribution in [3.63, 3.8) is 0 Å². The minimum Gasteiger partial charge on any atom is -0.476 e. The Morgan fingerprint density at radius 1 is 1.13 bits per heavy atom. The van der Waals surface area contributed by atoms with Gasteiger partial charge in [0.2, 0.25) is 5.88 Å². The summed E-state index contributed by atoms with van der Waals surface area (Å²) >= 11 is 3.14. The fraction of sp³-hybridized carbons (Fsp3) is 0.692. The zero-order valence-corrected chi connectivity index (χ0v) is 13.6. The third-order valence-corrected chi connectivity index (χ3v) is 4.02. The van der Waals surface area contributed by atoms with Crippen LogP contribution in [0.15, 0.2) is 17.0 Å². The van der Waals surface area contributed by atoms with Crippen LogP contribution in [0.1, 0.15) is 12.8 Å². The number of hydrogen-bond donors (Lipinski definition) is 0. The molecule has 1 aliphatic heterocycles. The molecule has 0 aliphatic carbocycles. The van der Waals surface area contributed by atoms with E-state index < -0.39 is 18.6 Å². The van der Waals surface area contributed by atoms with Gasteiger partial charge in [0, 0.05) is 0 Å². The van der Waals surface area contributed by atoms with Crippen LogP contribution < -0.4 is 4.74 Å². The summed E-state index contributed by atoms with van der Waals surface area (Å²) in [4.78, 5) is 9.08. The summed E-state index contributed by atoms with van der Waals surface area (Å²) in [5.74, 6) is -4.24. The maximum Gasteiger partial charge on any atom is 0.454 e. The summed E-state index contributed by atoms with van der Waals surface area (Å²) in [6.07, 6.45) is -1.58. The summed E-state index contributed by atoms with van der Waals surface area (Å²) < 4.78 is 68.6. The number of rotatable bonds is 5. The molecule has 0 unspecified atom stereocenters. The minimum atomic E-state index is -5.51. The molecule has 4 nitrogen and oxygen atoms in total. The van der Waals surface area contributed by atoms with Crippen molar-refractivity contribution in [2.45, 2.75) is 24.9 Å². The standard InChI is InChI=1S/C13H15BrF5N3O/c14-10-5-21-11(6-20-10)23-7-9-1-3-22(4-2-9)8-12(15,16)13(17,18)19/h5-6,9H,1-4,7-8H2. The van der Waals surface area contributed by atoms with Crippen molar-refractivity contribution in [3.05, 3.63) is 17.0 Å². The highest BCUT2D eigenvalue weighted by Gasteiger charge is 2.58. The summed E-state index contributed by atoms with van der Waals surface area (Å²) in [5, 5.41) is 0. The van der Waals surface area contributed by atoms with Crippen LogP contribution in [-0.2, 0) is 0 Å². The lowest BCUT2D eigenvalue weighted by molar-refractivity contribution is -0.287. The summed E-state index contributed by atoms with van der Waals surface area (Å²) in [5.41, 5.74) is 0. The largest absolute Gasteiger partial charge is 0.476 e. The van der Waals surface area contributed by atoms with Gasteiger partial charge in [-0.15, -0.1) is 0 Å². The lowest BCUT2D eigenvalue weighted by atomic mass is 9.97. The third-order valence-electron chi connectivity index (χ3n) is 3.61. The predicted octanol–water partition coefficient (Wildman–Crippen LogP) is 3.53. The van der Waals surface area contributed by atoms with Crippen LogP contribution in [0, 0.1) is 5.92 Å². The molecule has 1 saturated heterocycles. The van der Waals surface area contributed by atoms with Gasteiger partial charge in [0.25, 0.3) is 0 Å². The Labute approximate surface area is 138 Å². The Bertz CT molecular complexity index is 503. The lowest BCUT2D eigenvalue weighted by Crippen LogP contribution is -2.49. The molecule has 1 fully saturated rings. The first-order chi connectivity index (χ1) is 10.7. The molecular weight excluding hydrogens is 389 g/mol. The number of aromatic nitrogens is 2. The van der Waals surface area contributed by atoms with Crippen molar-refractivity contribution in [3.8, 4) is 5.88 Å². The number of nitrogens with zero attached hydrogens (tertiary/aromatic N) is 3. The molecule has 0 radical (unpaired) electrons. The topological polar surface area (TPSA) is 38.2 Å². The smallest absolute Gasteiger partial charge is 0.454 e. The summed E-state index contributed by atoms with van der Waals surface area (Å²) in [7, 11) is 0. The molecule has 2 heterocycles. The first kappa shape index (κ1) is 18.3. The van der Waals surface area contributed by atoms with E-state index >= 15 is 0 Å². The Morgan fingerprint density at radius 3 is 2.30 bits per heavy atom. The molecule has 0 spiro atoms. The Hall–Kier alpha value is -1.03. The van der Waals surface area contributed by atoms with Gasteiger partial charge in [-0.2, -0.15) is 22.0 Å². The number of piperidine rings is 1. The van der Waals surface area contributed by atoms with Crippen molar-refractivity contribution in [1.82, 2.24) is 14.9 Å². The van der Waals surface area contributed by atoms with Crippen LogP contribution in [0.4, 0.5) is 22.0 Å². The molecule has 0 amide bonds. The molecule has 23 heavy (non-hydrogen) atoms. The van der Waals surface area contributed by atoms with E-state index in [1.54, 1.807) is 0 Å². The SMILES string of the molecule is FC(F)(F)C(F)(F)CN1CCC(COc2cnc(Br)cn2)CC1. The van der Waals surface area contributed by atoms with Crippen molar-refractivity contribution in [1.29, 1.82) is 0 Å². The van der Waals surface area contributed by atoms with Crippen LogP contribution in [0.5, 0.6) is 5.88 Å². The van der Waals surface area contributed by atoms with Crippen molar-refractivity contribution < 1.29 is 26.7 Å². The van der Waals surface area contributed by atoms with Gasteiger partial charge in [-0.1, -0.05) is 0 Å². The number of ether oxygens (including phenoxy) is 1. The number of likely N-dealkylation sites (tertiary alicyclic amines) is 1. The van der Waals surface area contributed by atoms with Gasteiger partial charge in [-0.3, -0.25) is 4.90 Å². The Balaban J connectivity index is 1.75. The average Bonchev–Trinajstić information content (AvgIpc) is 2.47. The van der Waals surface area contributed by atoms with Gasteiger partial charge in [0.05, 0.1) is 25.5 Å². The van der Waals surface area contributed by atoms with E-state index in [-0.39, 0.29) is 19.0 Å². The first-order valence-electron chi connectivity index (χ1n) is 6.94. The predicted molar refractivity (Wildman–Crippen MR) is 75.4 cm³/mol. The van der Waals surface area contributed by atoms with E-state index in [9.17, 15) is 22.0 Å². The van der Waals surface area contributed by atoms with E-state index in [4.69, 9.17) is 4.74 Å². The fourth-order valence-corrected chi connectivity index (χ4v) is 2.46. The molecule has 1 aromatic heterocycles. The molecule has 0 saturated carbocycles. The normalized spacial score (nSPS) is 18.2. The highest BCUT2D eigenvalue weighted by molar-refractivity contribution is 9.10. The highest BCUT2D eigenvalue weighted by Crippen LogP contribution is 2.36. The van der Waals surface area contributed by atoms with Crippen LogP contribution >= 0.6 is 15.9 Å². The molecule has 2 rings (SSSR count). The Morgan fingerprint density at radius 2 is 1.78 bits per heavy atom. The number of hydrogen-bond acceptors (Lipinski definition) is 4. The second-order valence-corrected chi connectivity index (χ2v) is 6.22. The molecule has 1 aliphatic rings. The maximum absolute atomic E-state index is 13.0. The molecule has 0 N–H and O–H groups in total. The van der Waals surface area contributed by atoms with E-state index in [1.165, 1.54) is 12.4 Å². The monoisotopic (exact) mass is 403 g/mol. The van der Waals surface area contributed by atoms with Gasteiger partial charge < -0.3 is 4.74 Å². The lowest BCUT2D eigenvalue weighted by Gasteiger charge is -2.34. The quantitative estimate of drug-likeness (QED) is 0.705. The summed E-state index contributed by atoms with van der Waals surface area (Å²) in [6, 6.07) is 0. The second-order valence-electron chi connectivity index (χ2n) is 5.41. The van der Waals surface area contributed by atoms with Crippen LogP contribution in [0.3, 0.4) is 0 Å². The second kappa shape index (κ2) is 7.25. The van der Waals surface area contributed by atoms with Gasteiger partial charge in [0.15, 0.2) is 0 Å². The van der Waals surface area contributed by atoms with Gasteiger partial charge in [-0.05, 0) is 47.8 Å². The molecule has 0 aromatic carbocycles. The van der Waals surface area contributed by atoms with E-state index in [0.29, 0.717) is 29.9 Å². The molecule has 0 bridgehead atoms. The molecule has 0 atom stereocenters. The fourth-order valence-electron chi connectivity index (χ4n) is 2.26. The average molecular weight is 404 g/mol. The van der Waals surface area contributed by atoms with E-state index in [1.807, 2.05) is 0 Å².